The number of anilines is 1. The van der Waals surface area contributed by atoms with Crippen molar-refractivity contribution < 1.29 is 4.74 Å². The molecule has 2 heteroatoms. The van der Waals surface area contributed by atoms with Gasteiger partial charge in [-0.25, -0.2) is 0 Å². The van der Waals surface area contributed by atoms with Crippen molar-refractivity contribution in [1.82, 2.24) is 0 Å². The van der Waals surface area contributed by atoms with Gasteiger partial charge < -0.3 is 9.64 Å². The van der Waals surface area contributed by atoms with Crippen LogP contribution in [0.5, 0.6) is 0 Å². The normalized spacial score (nSPS) is 23.7. The fraction of sp³-hybridized carbons (Fsp3) is 0.625. The summed E-state index contributed by atoms with van der Waals surface area (Å²) in [6, 6.07) is 6.78. The van der Waals surface area contributed by atoms with Crippen LogP contribution in [0.1, 0.15) is 51.2 Å². The Bertz CT molecular complexity index is 439. The van der Waals surface area contributed by atoms with Gasteiger partial charge in [0.05, 0.1) is 0 Å². The van der Waals surface area contributed by atoms with Gasteiger partial charge in [0, 0.05) is 18.3 Å². The number of nitrogens with zero attached hydrogens (tertiary/aromatic N) is 1. The van der Waals surface area contributed by atoms with Crippen molar-refractivity contribution >= 4 is 5.69 Å². The van der Waals surface area contributed by atoms with Gasteiger partial charge in [0.1, 0.15) is 6.23 Å². The molecule has 0 amide bonds. The Morgan fingerprint density at radius 1 is 1.39 bits per heavy atom. The minimum atomic E-state index is 0.105. The van der Waals surface area contributed by atoms with Gasteiger partial charge in [-0.15, -0.1) is 0 Å². The number of aryl methyl sites for hydroxylation is 1. The van der Waals surface area contributed by atoms with E-state index in [1.54, 1.807) is 7.11 Å². The molecule has 0 N–H and O–H groups in total. The fourth-order valence-electron chi connectivity index (χ4n) is 3.36. The van der Waals surface area contributed by atoms with Crippen LogP contribution in [0, 0.1) is 6.92 Å². The minimum absolute atomic E-state index is 0.105. The Labute approximate surface area is 111 Å². The molecule has 2 unspecified atom stereocenters. The van der Waals surface area contributed by atoms with Gasteiger partial charge >= 0.3 is 0 Å². The molecule has 100 valence electrons. The summed E-state index contributed by atoms with van der Waals surface area (Å²) in [5.74, 6) is 0.607. The van der Waals surface area contributed by atoms with Crippen LogP contribution >= 0.6 is 0 Å². The quantitative estimate of drug-likeness (QED) is 0.781. The molecule has 2 rings (SSSR count). The van der Waals surface area contributed by atoms with Crippen LogP contribution < -0.4 is 4.90 Å². The number of hydrogen-bond acceptors (Lipinski definition) is 2. The second kappa shape index (κ2) is 4.58. The molecule has 2 atom stereocenters. The number of rotatable bonds is 2. The van der Waals surface area contributed by atoms with Crippen molar-refractivity contribution in [2.24, 2.45) is 0 Å². The molecule has 0 saturated carbocycles. The Hall–Kier alpha value is -1.02. The Morgan fingerprint density at radius 3 is 2.67 bits per heavy atom. The fourth-order valence-corrected chi connectivity index (χ4v) is 3.36. The van der Waals surface area contributed by atoms with Crippen LogP contribution in [0.2, 0.25) is 0 Å². The van der Waals surface area contributed by atoms with Crippen LogP contribution in [-0.2, 0) is 4.74 Å². The highest BCUT2D eigenvalue weighted by Gasteiger charge is 2.38. The summed E-state index contributed by atoms with van der Waals surface area (Å²) in [5.41, 5.74) is 4.24. The molecule has 1 aromatic rings. The zero-order chi connectivity index (χ0) is 13.5. The molecule has 1 aromatic carbocycles. The SMILES string of the molecule is COC(C)N1c2cc(C)ccc2C(C)CC1(C)C. The monoisotopic (exact) mass is 247 g/mol. The van der Waals surface area contributed by atoms with Gasteiger partial charge in [-0.05, 0) is 57.2 Å². The first-order chi connectivity index (χ1) is 8.36. The third-order valence-corrected chi connectivity index (χ3v) is 4.14. The van der Waals surface area contributed by atoms with E-state index in [-0.39, 0.29) is 11.8 Å². The molecule has 0 aliphatic carbocycles. The summed E-state index contributed by atoms with van der Waals surface area (Å²) in [5, 5.41) is 0. The Balaban J connectivity index is 2.56. The van der Waals surface area contributed by atoms with Gasteiger partial charge in [-0.3, -0.25) is 0 Å². The maximum atomic E-state index is 5.58. The summed E-state index contributed by atoms with van der Waals surface area (Å²) in [7, 11) is 1.79. The van der Waals surface area contributed by atoms with E-state index >= 15 is 0 Å². The van der Waals surface area contributed by atoms with Crippen molar-refractivity contribution in [2.45, 2.75) is 58.7 Å². The third kappa shape index (κ3) is 2.14. The topological polar surface area (TPSA) is 12.5 Å². The van der Waals surface area contributed by atoms with E-state index in [1.165, 1.54) is 16.8 Å². The lowest BCUT2D eigenvalue weighted by Gasteiger charge is -2.50. The van der Waals surface area contributed by atoms with E-state index in [9.17, 15) is 0 Å². The lowest BCUT2D eigenvalue weighted by Crippen LogP contribution is -2.53. The van der Waals surface area contributed by atoms with E-state index in [4.69, 9.17) is 4.74 Å². The minimum Gasteiger partial charge on any atom is -0.362 e. The van der Waals surface area contributed by atoms with Gasteiger partial charge in [0.15, 0.2) is 0 Å². The zero-order valence-corrected chi connectivity index (χ0v) is 12.4. The van der Waals surface area contributed by atoms with Crippen LogP contribution in [0.25, 0.3) is 0 Å². The molecule has 0 bridgehead atoms. The summed E-state index contributed by atoms with van der Waals surface area (Å²) >= 11 is 0. The first kappa shape index (κ1) is 13.4. The second-order valence-corrected chi connectivity index (χ2v) is 6.18. The van der Waals surface area contributed by atoms with Gasteiger partial charge in [0.25, 0.3) is 0 Å². The summed E-state index contributed by atoms with van der Waals surface area (Å²) in [4.78, 5) is 2.43. The Kier molecular flexibility index (Phi) is 3.41. The number of hydrogen-bond donors (Lipinski definition) is 0. The van der Waals surface area contributed by atoms with Crippen molar-refractivity contribution in [2.75, 3.05) is 12.0 Å². The molecule has 0 aromatic heterocycles. The van der Waals surface area contributed by atoms with Crippen molar-refractivity contribution in [1.29, 1.82) is 0 Å². The lowest BCUT2D eigenvalue weighted by atomic mass is 9.79. The van der Waals surface area contributed by atoms with E-state index < -0.39 is 0 Å². The molecule has 2 nitrogen and oxygen atoms in total. The van der Waals surface area contributed by atoms with Crippen LogP contribution in [0.3, 0.4) is 0 Å². The highest BCUT2D eigenvalue weighted by molar-refractivity contribution is 5.61. The second-order valence-electron chi connectivity index (χ2n) is 6.18. The molecule has 1 heterocycles. The largest absolute Gasteiger partial charge is 0.362 e. The molecule has 0 fully saturated rings. The first-order valence-electron chi connectivity index (χ1n) is 6.79. The average molecular weight is 247 g/mol. The molecular formula is C16H25NO. The lowest BCUT2D eigenvalue weighted by molar-refractivity contribution is 0.0900. The molecule has 0 saturated heterocycles. The third-order valence-electron chi connectivity index (χ3n) is 4.14. The molecule has 0 spiro atoms. The maximum Gasteiger partial charge on any atom is 0.127 e. The van der Waals surface area contributed by atoms with Crippen LogP contribution in [-0.4, -0.2) is 18.9 Å². The summed E-state index contributed by atoms with van der Waals surface area (Å²) < 4.78 is 5.58. The maximum absolute atomic E-state index is 5.58. The molecule has 1 aliphatic rings. The molecule has 1 aliphatic heterocycles. The van der Waals surface area contributed by atoms with Gasteiger partial charge in [0.2, 0.25) is 0 Å². The predicted molar refractivity (Wildman–Crippen MR) is 77.2 cm³/mol. The van der Waals surface area contributed by atoms with Gasteiger partial charge in [-0.2, -0.15) is 0 Å². The number of benzene rings is 1. The Morgan fingerprint density at radius 2 is 2.06 bits per heavy atom. The van der Waals surface area contributed by atoms with Crippen molar-refractivity contribution in [3.8, 4) is 0 Å². The predicted octanol–water partition coefficient (Wildman–Crippen LogP) is 4.08. The van der Waals surface area contributed by atoms with Crippen LogP contribution in [0.15, 0.2) is 18.2 Å². The molecule has 0 radical (unpaired) electrons. The molecular weight excluding hydrogens is 222 g/mol. The number of methoxy groups -OCH3 is 1. The standard InChI is InChI=1S/C16H25NO/c1-11-7-8-14-12(2)10-16(4,5)17(13(3)18-6)15(14)9-11/h7-9,12-13H,10H2,1-6H3. The highest BCUT2D eigenvalue weighted by Crippen LogP contribution is 2.44. The zero-order valence-electron chi connectivity index (χ0n) is 12.4. The van der Waals surface area contributed by atoms with E-state index in [0.29, 0.717) is 5.92 Å². The number of fused-ring (bicyclic) bond motifs is 1. The summed E-state index contributed by atoms with van der Waals surface area (Å²) in [6.07, 6.45) is 1.27. The van der Waals surface area contributed by atoms with Crippen LogP contribution in [0.4, 0.5) is 5.69 Å². The molecule has 18 heavy (non-hydrogen) atoms. The van der Waals surface area contributed by atoms with E-state index in [1.807, 2.05) is 0 Å². The smallest absolute Gasteiger partial charge is 0.127 e. The summed E-state index contributed by atoms with van der Waals surface area (Å²) in [6.45, 7) is 11.2. The van der Waals surface area contributed by atoms with Gasteiger partial charge in [-0.1, -0.05) is 19.1 Å². The first-order valence-corrected chi connectivity index (χ1v) is 6.79. The average Bonchev–Trinajstić information content (AvgIpc) is 2.26. The number of ether oxygens (including phenoxy) is 1. The van der Waals surface area contributed by atoms with E-state index in [2.05, 4.69) is 57.7 Å². The van der Waals surface area contributed by atoms with E-state index in [0.717, 1.165) is 6.42 Å². The highest BCUT2D eigenvalue weighted by atomic mass is 16.5. The van der Waals surface area contributed by atoms with Crippen molar-refractivity contribution in [3.63, 3.8) is 0 Å². The van der Waals surface area contributed by atoms with Crippen molar-refractivity contribution in [3.05, 3.63) is 29.3 Å².